The Morgan fingerprint density at radius 1 is 1.15 bits per heavy atom. The molecular weight excluding hydrogens is 350 g/mol. The molecule has 5 nitrogen and oxygen atoms in total. The Labute approximate surface area is 157 Å². The normalized spacial score (nSPS) is 10.6. The Balaban J connectivity index is 1.57. The van der Waals surface area contributed by atoms with E-state index >= 15 is 0 Å². The number of nitrogens with zero attached hydrogens (tertiary/aromatic N) is 1. The number of benzene rings is 2. The van der Waals surface area contributed by atoms with E-state index in [1.807, 2.05) is 37.3 Å². The highest BCUT2D eigenvalue weighted by Gasteiger charge is 2.08. The smallest absolute Gasteiger partial charge is 0.251 e. The van der Waals surface area contributed by atoms with Crippen molar-refractivity contribution in [2.75, 3.05) is 25.5 Å². The van der Waals surface area contributed by atoms with Crippen molar-refractivity contribution in [2.24, 2.45) is 0 Å². The molecule has 3 rings (SSSR count). The summed E-state index contributed by atoms with van der Waals surface area (Å²) in [5.74, 6) is 0.664. The third-order valence-electron chi connectivity index (χ3n) is 4.09. The minimum Gasteiger partial charge on any atom is -0.496 e. The lowest BCUT2D eigenvalue weighted by atomic mass is 10.1. The minimum atomic E-state index is -0.107. The molecule has 2 N–H and O–H groups in total. The second-order valence-corrected chi connectivity index (χ2v) is 6.32. The van der Waals surface area contributed by atoms with Gasteiger partial charge in [-0.25, -0.2) is 0 Å². The number of carbonyl (C=O) groups excluding carboxylic acids is 1. The number of hydrogen-bond acceptors (Lipinski definition) is 4. The van der Waals surface area contributed by atoms with Crippen molar-refractivity contribution < 1.29 is 9.53 Å². The van der Waals surface area contributed by atoms with Crippen molar-refractivity contribution in [1.82, 2.24) is 10.3 Å². The number of amides is 1. The van der Waals surface area contributed by atoms with E-state index in [4.69, 9.17) is 16.3 Å². The Morgan fingerprint density at radius 3 is 2.77 bits per heavy atom. The van der Waals surface area contributed by atoms with Gasteiger partial charge in [-0.05, 0) is 55.0 Å². The van der Waals surface area contributed by atoms with Crippen LogP contribution in [0, 0.1) is 6.92 Å². The summed E-state index contributed by atoms with van der Waals surface area (Å²) in [6, 6.07) is 12.9. The second-order valence-electron chi connectivity index (χ2n) is 5.89. The van der Waals surface area contributed by atoms with Crippen molar-refractivity contribution in [3.63, 3.8) is 0 Å². The molecule has 0 bridgehead atoms. The highest BCUT2D eigenvalue weighted by molar-refractivity contribution is 6.31. The third kappa shape index (κ3) is 4.06. The van der Waals surface area contributed by atoms with Crippen molar-refractivity contribution >= 4 is 34.1 Å². The van der Waals surface area contributed by atoms with Gasteiger partial charge >= 0.3 is 0 Å². The molecule has 0 fully saturated rings. The monoisotopic (exact) mass is 369 g/mol. The predicted octanol–water partition coefficient (Wildman–Crippen LogP) is 4.05. The van der Waals surface area contributed by atoms with Gasteiger partial charge in [-0.2, -0.15) is 0 Å². The van der Waals surface area contributed by atoms with Crippen LogP contribution in [0.4, 0.5) is 5.69 Å². The number of rotatable bonds is 6. The third-order valence-corrected chi connectivity index (χ3v) is 4.32. The highest BCUT2D eigenvalue weighted by atomic mass is 35.5. The van der Waals surface area contributed by atoms with Gasteiger partial charge in [0.1, 0.15) is 5.75 Å². The van der Waals surface area contributed by atoms with Crippen LogP contribution in [-0.2, 0) is 0 Å². The zero-order valence-electron chi connectivity index (χ0n) is 14.7. The highest BCUT2D eigenvalue weighted by Crippen LogP contribution is 2.24. The summed E-state index contributed by atoms with van der Waals surface area (Å²) in [5, 5.41) is 7.89. The van der Waals surface area contributed by atoms with E-state index in [-0.39, 0.29) is 5.91 Å². The van der Waals surface area contributed by atoms with Crippen molar-refractivity contribution in [3.8, 4) is 5.75 Å². The summed E-state index contributed by atoms with van der Waals surface area (Å²) in [4.78, 5) is 16.6. The van der Waals surface area contributed by atoms with E-state index in [0.29, 0.717) is 23.7 Å². The number of methoxy groups -OCH3 is 1. The molecule has 2 aromatic carbocycles. The van der Waals surface area contributed by atoms with Crippen molar-refractivity contribution in [3.05, 3.63) is 64.8 Å². The van der Waals surface area contributed by atoms with E-state index in [0.717, 1.165) is 27.9 Å². The van der Waals surface area contributed by atoms with Gasteiger partial charge in [0, 0.05) is 40.9 Å². The maximum atomic E-state index is 12.3. The maximum Gasteiger partial charge on any atom is 0.251 e. The standard InChI is InChI=1S/C20H20ClN3O2/c1-13-11-14(3-6-19(13)26-2)20(25)24-10-9-23-17-7-8-22-18-12-15(21)4-5-16(17)18/h3-8,11-12H,9-10H2,1-2H3,(H,22,23)(H,24,25). The fourth-order valence-electron chi connectivity index (χ4n) is 2.77. The Bertz CT molecular complexity index is 943. The molecule has 1 amide bonds. The zero-order valence-corrected chi connectivity index (χ0v) is 15.4. The number of nitrogens with one attached hydrogen (secondary N) is 2. The minimum absolute atomic E-state index is 0.107. The molecule has 0 unspecified atom stereocenters. The van der Waals surface area contributed by atoms with Crippen LogP contribution in [0.15, 0.2) is 48.7 Å². The van der Waals surface area contributed by atoms with Crippen LogP contribution < -0.4 is 15.4 Å². The van der Waals surface area contributed by atoms with Gasteiger partial charge in [0.2, 0.25) is 0 Å². The molecule has 0 saturated heterocycles. The van der Waals surface area contributed by atoms with Crippen LogP contribution in [0.1, 0.15) is 15.9 Å². The van der Waals surface area contributed by atoms with E-state index in [9.17, 15) is 4.79 Å². The fraction of sp³-hybridized carbons (Fsp3) is 0.200. The Kier molecular flexibility index (Phi) is 5.58. The summed E-state index contributed by atoms with van der Waals surface area (Å²) in [7, 11) is 1.62. The number of aryl methyl sites for hydroxylation is 1. The van der Waals surface area contributed by atoms with Gasteiger partial charge in [-0.1, -0.05) is 11.6 Å². The lowest BCUT2D eigenvalue weighted by Crippen LogP contribution is -2.28. The lowest BCUT2D eigenvalue weighted by Gasteiger charge is -2.11. The van der Waals surface area contributed by atoms with Crippen LogP contribution in [0.5, 0.6) is 5.75 Å². The number of hydrogen-bond donors (Lipinski definition) is 2. The SMILES string of the molecule is COc1ccc(C(=O)NCCNc2ccnc3cc(Cl)ccc23)cc1C. The van der Waals surface area contributed by atoms with Crippen molar-refractivity contribution in [1.29, 1.82) is 0 Å². The summed E-state index contributed by atoms with van der Waals surface area (Å²) in [5.41, 5.74) is 3.34. The Morgan fingerprint density at radius 2 is 2.00 bits per heavy atom. The van der Waals surface area contributed by atoms with Gasteiger partial charge in [-0.3, -0.25) is 9.78 Å². The maximum absolute atomic E-state index is 12.3. The van der Waals surface area contributed by atoms with Crippen LogP contribution in [0.25, 0.3) is 10.9 Å². The molecule has 0 aliphatic carbocycles. The van der Waals surface area contributed by atoms with Gasteiger partial charge in [0.25, 0.3) is 5.91 Å². The number of anilines is 1. The average Bonchev–Trinajstić information content (AvgIpc) is 2.64. The zero-order chi connectivity index (χ0) is 18.5. The molecule has 1 aromatic heterocycles. The number of fused-ring (bicyclic) bond motifs is 1. The first-order valence-corrected chi connectivity index (χ1v) is 8.67. The number of ether oxygens (including phenoxy) is 1. The van der Waals surface area contributed by atoms with Gasteiger partial charge < -0.3 is 15.4 Å². The van der Waals surface area contributed by atoms with Gasteiger partial charge in [0.15, 0.2) is 0 Å². The van der Waals surface area contributed by atoms with E-state index in [1.54, 1.807) is 25.4 Å². The molecule has 26 heavy (non-hydrogen) atoms. The van der Waals surface area contributed by atoms with Crippen LogP contribution in [0.2, 0.25) is 5.02 Å². The number of pyridine rings is 1. The molecule has 0 aliphatic rings. The van der Waals surface area contributed by atoms with Gasteiger partial charge in [0.05, 0.1) is 12.6 Å². The molecule has 0 radical (unpaired) electrons. The quantitative estimate of drug-likeness (QED) is 0.643. The summed E-state index contributed by atoms with van der Waals surface area (Å²) >= 11 is 6.01. The van der Waals surface area contributed by atoms with Crippen LogP contribution in [0.3, 0.4) is 0 Å². The first-order chi connectivity index (χ1) is 12.6. The average molecular weight is 370 g/mol. The second kappa shape index (κ2) is 8.06. The van der Waals surface area contributed by atoms with Gasteiger partial charge in [-0.15, -0.1) is 0 Å². The lowest BCUT2D eigenvalue weighted by molar-refractivity contribution is 0.0955. The van der Waals surface area contributed by atoms with Crippen LogP contribution >= 0.6 is 11.6 Å². The molecule has 0 saturated carbocycles. The van der Waals surface area contributed by atoms with Crippen molar-refractivity contribution in [2.45, 2.75) is 6.92 Å². The fourth-order valence-corrected chi connectivity index (χ4v) is 2.94. The number of carbonyl (C=O) groups is 1. The molecule has 3 aromatic rings. The summed E-state index contributed by atoms with van der Waals surface area (Å²) in [6.07, 6.45) is 1.74. The molecule has 134 valence electrons. The largest absolute Gasteiger partial charge is 0.496 e. The molecule has 6 heteroatoms. The first-order valence-electron chi connectivity index (χ1n) is 8.29. The first kappa shape index (κ1) is 18.0. The molecular formula is C20H20ClN3O2. The molecule has 0 spiro atoms. The predicted molar refractivity (Wildman–Crippen MR) is 105 cm³/mol. The topological polar surface area (TPSA) is 63.2 Å². The van der Waals surface area contributed by atoms with E-state index in [2.05, 4.69) is 15.6 Å². The molecule has 0 atom stereocenters. The summed E-state index contributed by atoms with van der Waals surface area (Å²) in [6.45, 7) is 3.02. The number of aromatic nitrogens is 1. The van der Waals surface area contributed by atoms with E-state index in [1.165, 1.54) is 0 Å². The molecule has 0 aliphatic heterocycles. The van der Waals surface area contributed by atoms with Crippen LogP contribution in [-0.4, -0.2) is 31.1 Å². The summed E-state index contributed by atoms with van der Waals surface area (Å²) < 4.78 is 5.21. The van der Waals surface area contributed by atoms with E-state index < -0.39 is 0 Å². The number of halogens is 1. The Hall–Kier alpha value is -2.79. The molecule has 1 heterocycles.